The molecule has 2 aromatic carbocycles. The highest BCUT2D eigenvalue weighted by atomic mass is 35.5. The van der Waals surface area contributed by atoms with Gasteiger partial charge in [-0.1, -0.05) is 34.8 Å². The van der Waals surface area contributed by atoms with Crippen molar-refractivity contribution >= 4 is 63.7 Å². The summed E-state index contributed by atoms with van der Waals surface area (Å²) in [7, 11) is 0. The van der Waals surface area contributed by atoms with Gasteiger partial charge in [0.1, 0.15) is 5.02 Å². The summed E-state index contributed by atoms with van der Waals surface area (Å²) in [6.07, 6.45) is 0. The van der Waals surface area contributed by atoms with Crippen LogP contribution in [0.3, 0.4) is 0 Å². The van der Waals surface area contributed by atoms with Gasteiger partial charge in [0.05, 0.1) is 15.6 Å². The van der Waals surface area contributed by atoms with Gasteiger partial charge in [-0.05, 0) is 30.3 Å². The summed E-state index contributed by atoms with van der Waals surface area (Å²) in [6.45, 7) is 0. The van der Waals surface area contributed by atoms with E-state index in [1.54, 1.807) is 0 Å². The Kier molecular flexibility index (Phi) is 5.61. The van der Waals surface area contributed by atoms with Crippen molar-refractivity contribution in [2.24, 2.45) is 0 Å². The largest absolute Gasteiger partial charge is 0.318 e. The highest BCUT2D eigenvalue weighted by molar-refractivity contribution is 6.45. The van der Waals surface area contributed by atoms with E-state index >= 15 is 0 Å². The van der Waals surface area contributed by atoms with Crippen molar-refractivity contribution in [3.05, 3.63) is 61.6 Å². The maximum absolute atomic E-state index is 11.9. The number of nitrogens with one attached hydrogen (secondary N) is 2. The minimum Gasteiger partial charge on any atom is -0.318 e. The molecule has 0 spiro atoms. The summed E-state index contributed by atoms with van der Waals surface area (Å²) in [6, 6.07) is 7.94. The lowest BCUT2D eigenvalue weighted by molar-refractivity contribution is -0.384. The highest BCUT2D eigenvalue weighted by Gasteiger charge is 2.18. The molecule has 0 aliphatic heterocycles. The summed E-state index contributed by atoms with van der Waals surface area (Å²) in [4.78, 5) is 33.8. The van der Waals surface area contributed by atoms with Gasteiger partial charge in [-0.15, -0.1) is 0 Å². The standard InChI is InChI=1S/C14H8Cl3N3O4/c15-7-1-4-11(10(17)5-7)19-14(22)13(21)18-8-2-3-9(16)12(6-8)20(23)24/h1-6H,(H,18,21)(H,19,22). The summed E-state index contributed by atoms with van der Waals surface area (Å²) in [5.41, 5.74) is -0.146. The number of hydrogen-bond donors (Lipinski definition) is 2. The molecule has 2 aromatic rings. The fourth-order valence-electron chi connectivity index (χ4n) is 1.69. The van der Waals surface area contributed by atoms with E-state index in [0.29, 0.717) is 5.02 Å². The van der Waals surface area contributed by atoms with Gasteiger partial charge in [0, 0.05) is 16.8 Å². The number of benzene rings is 2. The zero-order valence-corrected chi connectivity index (χ0v) is 13.9. The van der Waals surface area contributed by atoms with E-state index < -0.39 is 22.4 Å². The number of hydrogen-bond acceptors (Lipinski definition) is 4. The molecule has 0 aliphatic rings. The van der Waals surface area contributed by atoms with E-state index in [0.717, 1.165) is 6.07 Å². The average Bonchev–Trinajstić information content (AvgIpc) is 2.51. The van der Waals surface area contributed by atoms with E-state index in [-0.39, 0.29) is 21.4 Å². The monoisotopic (exact) mass is 387 g/mol. The molecule has 0 aromatic heterocycles. The van der Waals surface area contributed by atoms with Crippen LogP contribution in [-0.4, -0.2) is 16.7 Å². The first-order valence-corrected chi connectivity index (χ1v) is 7.42. The van der Waals surface area contributed by atoms with Gasteiger partial charge in [-0.25, -0.2) is 0 Å². The van der Waals surface area contributed by atoms with Crippen LogP contribution in [0.25, 0.3) is 0 Å². The van der Waals surface area contributed by atoms with Crippen LogP contribution in [-0.2, 0) is 9.59 Å². The predicted octanol–water partition coefficient (Wildman–Crippen LogP) is 4.13. The Morgan fingerprint density at radius 2 is 1.58 bits per heavy atom. The van der Waals surface area contributed by atoms with Gasteiger partial charge in [-0.2, -0.15) is 0 Å². The lowest BCUT2D eigenvalue weighted by Gasteiger charge is -2.08. The summed E-state index contributed by atoms with van der Waals surface area (Å²) >= 11 is 17.3. The Balaban J connectivity index is 2.10. The van der Waals surface area contributed by atoms with Crippen LogP contribution < -0.4 is 10.6 Å². The number of anilines is 2. The third-order valence-electron chi connectivity index (χ3n) is 2.79. The SMILES string of the molecule is O=C(Nc1ccc(Cl)c([N+](=O)[O-])c1)C(=O)Nc1ccc(Cl)cc1Cl. The molecule has 2 amide bonds. The van der Waals surface area contributed by atoms with E-state index in [1.165, 1.54) is 30.3 Å². The van der Waals surface area contributed by atoms with E-state index in [9.17, 15) is 19.7 Å². The maximum Gasteiger partial charge on any atom is 0.314 e. The summed E-state index contributed by atoms with van der Waals surface area (Å²) in [5.74, 6) is -2.03. The average molecular weight is 389 g/mol. The topological polar surface area (TPSA) is 101 Å². The van der Waals surface area contributed by atoms with Gasteiger partial charge in [0.25, 0.3) is 5.69 Å². The van der Waals surface area contributed by atoms with Crippen molar-refractivity contribution < 1.29 is 14.5 Å². The van der Waals surface area contributed by atoms with Gasteiger partial charge in [0.15, 0.2) is 0 Å². The number of nitrogens with zero attached hydrogens (tertiary/aromatic N) is 1. The molecule has 2 N–H and O–H groups in total. The zero-order valence-electron chi connectivity index (χ0n) is 11.7. The lowest BCUT2D eigenvalue weighted by atomic mass is 10.2. The van der Waals surface area contributed by atoms with Gasteiger partial charge in [-0.3, -0.25) is 19.7 Å². The van der Waals surface area contributed by atoms with Crippen LogP contribution in [0.1, 0.15) is 0 Å². The second-order valence-electron chi connectivity index (χ2n) is 4.46. The van der Waals surface area contributed by atoms with Crippen molar-refractivity contribution in [2.45, 2.75) is 0 Å². The van der Waals surface area contributed by atoms with Crippen molar-refractivity contribution in [3.8, 4) is 0 Å². The van der Waals surface area contributed by atoms with Crippen molar-refractivity contribution in [3.63, 3.8) is 0 Å². The Labute approximate surface area is 150 Å². The predicted molar refractivity (Wildman–Crippen MR) is 91.8 cm³/mol. The molecule has 0 aliphatic carbocycles. The number of carbonyl (C=O) groups excluding carboxylic acids is 2. The molecule has 124 valence electrons. The van der Waals surface area contributed by atoms with Crippen molar-refractivity contribution in [1.82, 2.24) is 0 Å². The smallest absolute Gasteiger partial charge is 0.314 e. The second-order valence-corrected chi connectivity index (χ2v) is 5.71. The third kappa shape index (κ3) is 4.35. The second kappa shape index (κ2) is 7.48. The highest BCUT2D eigenvalue weighted by Crippen LogP contribution is 2.28. The fraction of sp³-hybridized carbons (Fsp3) is 0. The van der Waals surface area contributed by atoms with E-state index in [4.69, 9.17) is 34.8 Å². The molecule has 7 nitrogen and oxygen atoms in total. The fourth-order valence-corrected chi connectivity index (χ4v) is 2.33. The van der Waals surface area contributed by atoms with Crippen LogP contribution >= 0.6 is 34.8 Å². The molecular weight excluding hydrogens is 381 g/mol. The lowest BCUT2D eigenvalue weighted by Crippen LogP contribution is -2.29. The molecule has 24 heavy (non-hydrogen) atoms. The van der Waals surface area contributed by atoms with Crippen molar-refractivity contribution in [1.29, 1.82) is 0 Å². The number of halogens is 3. The van der Waals surface area contributed by atoms with E-state index in [1.807, 2.05) is 0 Å². The molecular formula is C14H8Cl3N3O4. The number of nitro groups is 1. The Morgan fingerprint density at radius 3 is 2.21 bits per heavy atom. The molecule has 2 rings (SSSR count). The molecule has 0 saturated carbocycles. The van der Waals surface area contributed by atoms with Crippen molar-refractivity contribution in [2.75, 3.05) is 10.6 Å². The van der Waals surface area contributed by atoms with Crippen LogP contribution in [0.2, 0.25) is 15.1 Å². The third-order valence-corrected chi connectivity index (χ3v) is 3.65. The zero-order chi connectivity index (χ0) is 17.9. The minimum absolute atomic E-state index is 0.0495. The number of nitro benzene ring substituents is 1. The van der Waals surface area contributed by atoms with Crippen LogP contribution in [0.5, 0.6) is 0 Å². The first kappa shape index (κ1) is 18.0. The quantitative estimate of drug-likeness (QED) is 0.469. The van der Waals surface area contributed by atoms with Gasteiger partial charge in [0.2, 0.25) is 0 Å². The molecule has 0 atom stereocenters. The maximum atomic E-state index is 11.9. The Hall–Kier alpha value is -2.35. The van der Waals surface area contributed by atoms with Gasteiger partial charge >= 0.3 is 11.8 Å². The summed E-state index contributed by atoms with van der Waals surface area (Å²) < 4.78 is 0. The Bertz CT molecular complexity index is 842. The van der Waals surface area contributed by atoms with Crippen LogP contribution in [0, 0.1) is 10.1 Å². The number of carbonyl (C=O) groups is 2. The molecule has 0 fully saturated rings. The molecule has 10 heteroatoms. The molecule has 0 bridgehead atoms. The van der Waals surface area contributed by atoms with Gasteiger partial charge < -0.3 is 10.6 Å². The normalized spacial score (nSPS) is 10.1. The summed E-state index contributed by atoms with van der Waals surface area (Å²) in [5, 5.41) is 15.8. The van der Waals surface area contributed by atoms with E-state index in [2.05, 4.69) is 10.6 Å². The van der Waals surface area contributed by atoms with Crippen LogP contribution in [0.15, 0.2) is 36.4 Å². The molecule has 0 saturated heterocycles. The Morgan fingerprint density at radius 1 is 0.917 bits per heavy atom. The molecule has 0 heterocycles. The van der Waals surface area contributed by atoms with Crippen LogP contribution in [0.4, 0.5) is 17.1 Å². The number of amides is 2. The molecule has 0 radical (unpaired) electrons. The minimum atomic E-state index is -1.03. The first-order valence-electron chi connectivity index (χ1n) is 6.29. The number of rotatable bonds is 3. The molecule has 0 unspecified atom stereocenters. The first-order chi connectivity index (χ1) is 11.3.